The minimum absolute atomic E-state index is 0.124. The Bertz CT molecular complexity index is 1220. The minimum atomic E-state index is -0.169. The van der Waals surface area contributed by atoms with Crippen LogP contribution in [-0.2, 0) is 12.0 Å². The van der Waals surface area contributed by atoms with Gasteiger partial charge in [-0.1, -0.05) is 39.0 Å². The number of para-hydroxylation sites is 1. The fourth-order valence-corrected chi connectivity index (χ4v) is 3.46. The highest BCUT2D eigenvalue weighted by Crippen LogP contribution is 2.30. The third kappa shape index (κ3) is 3.81. The van der Waals surface area contributed by atoms with E-state index in [9.17, 15) is 4.79 Å². The van der Waals surface area contributed by atoms with Gasteiger partial charge in [0.25, 0.3) is 5.56 Å². The summed E-state index contributed by atoms with van der Waals surface area (Å²) in [6.07, 6.45) is 0. The lowest BCUT2D eigenvalue weighted by Gasteiger charge is -2.15. The monoisotopic (exact) mass is 402 g/mol. The van der Waals surface area contributed by atoms with Gasteiger partial charge in [-0.25, -0.2) is 4.68 Å². The van der Waals surface area contributed by atoms with Gasteiger partial charge in [-0.15, -0.1) is 0 Å². The van der Waals surface area contributed by atoms with E-state index in [1.807, 2.05) is 65.3 Å². The third-order valence-electron chi connectivity index (χ3n) is 5.05. The first-order valence-electron chi connectivity index (χ1n) is 9.95. The van der Waals surface area contributed by atoms with E-state index in [0.717, 1.165) is 28.2 Å². The molecule has 2 aromatic carbocycles. The van der Waals surface area contributed by atoms with E-state index in [1.54, 1.807) is 7.11 Å². The van der Waals surface area contributed by atoms with E-state index in [1.165, 1.54) is 0 Å². The molecule has 0 aliphatic heterocycles. The Morgan fingerprint density at radius 3 is 2.40 bits per heavy atom. The van der Waals surface area contributed by atoms with E-state index in [2.05, 4.69) is 31.1 Å². The average molecular weight is 402 g/mol. The highest BCUT2D eigenvalue weighted by atomic mass is 16.5. The second-order valence-corrected chi connectivity index (χ2v) is 8.31. The van der Waals surface area contributed by atoms with Crippen molar-refractivity contribution in [2.24, 2.45) is 0 Å². The third-order valence-corrected chi connectivity index (χ3v) is 5.05. The fourth-order valence-electron chi connectivity index (χ4n) is 3.46. The molecule has 0 bridgehead atoms. The molecule has 0 aliphatic carbocycles. The zero-order valence-electron chi connectivity index (χ0n) is 17.7. The summed E-state index contributed by atoms with van der Waals surface area (Å²) in [5, 5.41) is 9.13. The molecule has 0 saturated carbocycles. The summed E-state index contributed by atoms with van der Waals surface area (Å²) in [5.41, 5.74) is 3.87. The molecule has 0 atom stereocenters. The van der Waals surface area contributed by atoms with Crippen molar-refractivity contribution in [1.82, 2.24) is 14.8 Å². The number of H-pyrrole nitrogens is 1. The molecular weight excluding hydrogens is 376 g/mol. The lowest BCUT2D eigenvalue weighted by Crippen LogP contribution is -2.17. The molecule has 0 saturated heterocycles. The van der Waals surface area contributed by atoms with Gasteiger partial charge in [-0.05, 0) is 42.5 Å². The Morgan fingerprint density at radius 1 is 1.07 bits per heavy atom. The number of aromatic nitrogens is 3. The second-order valence-electron chi connectivity index (χ2n) is 8.31. The Hall–Kier alpha value is -3.54. The molecule has 0 fully saturated rings. The largest absolute Gasteiger partial charge is 0.497 e. The van der Waals surface area contributed by atoms with Crippen LogP contribution in [0.1, 0.15) is 32.0 Å². The lowest BCUT2D eigenvalue weighted by molar-refractivity contribution is 0.415. The van der Waals surface area contributed by atoms with Gasteiger partial charge in [0.15, 0.2) is 0 Å². The number of nitrogens with one attached hydrogen (secondary N) is 2. The van der Waals surface area contributed by atoms with Crippen LogP contribution in [0.5, 0.6) is 5.75 Å². The maximum atomic E-state index is 12.8. The van der Waals surface area contributed by atoms with Crippen molar-refractivity contribution in [3.8, 4) is 11.4 Å². The summed E-state index contributed by atoms with van der Waals surface area (Å²) >= 11 is 0. The maximum absolute atomic E-state index is 12.8. The summed E-state index contributed by atoms with van der Waals surface area (Å²) in [4.78, 5) is 15.9. The summed E-state index contributed by atoms with van der Waals surface area (Å²) in [6.45, 7) is 6.80. The van der Waals surface area contributed by atoms with Crippen molar-refractivity contribution in [3.63, 3.8) is 0 Å². The highest BCUT2D eigenvalue weighted by Gasteiger charge is 2.24. The number of anilines is 1. The fraction of sp³-hybridized carbons (Fsp3) is 0.250. The van der Waals surface area contributed by atoms with Crippen molar-refractivity contribution in [2.45, 2.75) is 32.7 Å². The molecule has 2 N–H and O–H groups in total. The number of hydrogen-bond acceptors (Lipinski definition) is 4. The van der Waals surface area contributed by atoms with Gasteiger partial charge in [0, 0.05) is 28.6 Å². The molecule has 0 aliphatic rings. The average Bonchev–Trinajstić information content (AvgIpc) is 3.11. The zero-order valence-corrected chi connectivity index (χ0v) is 17.7. The van der Waals surface area contributed by atoms with Crippen molar-refractivity contribution in [2.75, 3.05) is 12.4 Å². The van der Waals surface area contributed by atoms with Gasteiger partial charge in [0.1, 0.15) is 11.4 Å². The van der Waals surface area contributed by atoms with Crippen molar-refractivity contribution < 1.29 is 4.74 Å². The predicted octanol–water partition coefficient (Wildman–Crippen LogP) is 4.63. The number of nitrogens with zero attached hydrogens (tertiary/aromatic N) is 2. The molecule has 154 valence electrons. The highest BCUT2D eigenvalue weighted by molar-refractivity contribution is 5.81. The number of aromatic amines is 1. The molecule has 30 heavy (non-hydrogen) atoms. The molecule has 0 spiro atoms. The number of pyridine rings is 1. The molecule has 2 heterocycles. The Morgan fingerprint density at radius 2 is 1.77 bits per heavy atom. The van der Waals surface area contributed by atoms with E-state index >= 15 is 0 Å². The molecule has 4 rings (SSSR count). The molecule has 0 amide bonds. The van der Waals surface area contributed by atoms with Crippen LogP contribution in [0.25, 0.3) is 16.7 Å². The standard InChI is InChI=1S/C24H26N4O2/c1-24(2,3)21-20-14-16(15-25-17-10-12-19(30-4)13-11-17)23(29)26-22(20)28(27-21)18-8-6-5-7-9-18/h5-14,25H,15H2,1-4H3,(H,26,29). The van der Waals surface area contributed by atoms with Crippen LogP contribution in [0.3, 0.4) is 0 Å². The van der Waals surface area contributed by atoms with Crippen LogP contribution < -0.4 is 15.6 Å². The topological polar surface area (TPSA) is 71.9 Å². The Kier molecular flexibility index (Phi) is 5.08. The van der Waals surface area contributed by atoms with Crippen LogP contribution in [0.4, 0.5) is 5.69 Å². The number of hydrogen-bond donors (Lipinski definition) is 2. The molecule has 4 aromatic rings. The van der Waals surface area contributed by atoms with Gasteiger partial charge in [-0.2, -0.15) is 5.10 Å². The first-order chi connectivity index (χ1) is 14.4. The van der Waals surface area contributed by atoms with Crippen LogP contribution in [0.2, 0.25) is 0 Å². The zero-order chi connectivity index (χ0) is 21.3. The number of rotatable bonds is 5. The Labute approximate surface area is 175 Å². The van der Waals surface area contributed by atoms with Crippen molar-refractivity contribution in [1.29, 1.82) is 0 Å². The Balaban J connectivity index is 1.75. The molecule has 6 heteroatoms. The van der Waals surface area contributed by atoms with Gasteiger partial charge >= 0.3 is 0 Å². The maximum Gasteiger partial charge on any atom is 0.254 e. The van der Waals surface area contributed by atoms with Gasteiger partial charge in [0.05, 0.1) is 18.5 Å². The van der Waals surface area contributed by atoms with Gasteiger partial charge in [0.2, 0.25) is 0 Å². The van der Waals surface area contributed by atoms with Crippen LogP contribution in [0.15, 0.2) is 65.5 Å². The lowest BCUT2D eigenvalue weighted by atomic mass is 9.90. The number of fused-ring (bicyclic) bond motifs is 1. The summed E-state index contributed by atoms with van der Waals surface area (Å²) in [6, 6.07) is 19.4. The van der Waals surface area contributed by atoms with Crippen LogP contribution in [0, 0.1) is 0 Å². The van der Waals surface area contributed by atoms with Crippen molar-refractivity contribution >= 4 is 16.7 Å². The number of ether oxygens (including phenoxy) is 1. The molecular formula is C24H26N4O2. The van der Waals surface area contributed by atoms with E-state index in [-0.39, 0.29) is 11.0 Å². The number of benzene rings is 2. The first kappa shape index (κ1) is 19.8. The summed E-state index contributed by atoms with van der Waals surface area (Å²) in [5.74, 6) is 0.794. The van der Waals surface area contributed by atoms with E-state index in [4.69, 9.17) is 9.84 Å². The molecule has 6 nitrogen and oxygen atoms in total. The summed E-state index contributed by atoms with van der Waals surface area (Å²) < 4.78 is 7.01. The van der Waals surface area contributed by atoms with E-state index in [0.29, 0.717) is 17.8 Å². The molecule has 2 aromatic heterocycles. The molecule has 0 radical (unpaired) electrons. The first-order valence-corrected chi connectivity index (χ1v) is 9.95. The SMILES string of the molecule is COc1ccc(NCc2cc3c(C(C)(C)C)nn(-c4ccccc4)c3[nH]c2=O)cc1. The normalized spacial score (nSPS) is 11.6. The van der Waals surface area contributed by atoms with Crippen LogP contribution >= 0.6 is 0 Å². The molecule has 0 unspecified atom stereocenters. The van der Waals surface area contributed by atoms with Gasteiger partial charge < -0.3 is 15.0 Å². The van der Waals surface area contributed by atoms with Gasteiger partial charge in [-0.3, -0.25) is 4.79 Å². The smallest absolute Gasteiger partial charge is 0.254 e. The quantitative estimate of drug-likeness (QED) is 0.510. The van der Waals surface area contributed by atoms with E-state index < -0.39 is 0 Å². The van der Waals surface area contributed by atoms with Crippen molar-refractivity contribution in [3.05, 3.63) is 82.3 Å². The summed E-state index contributed by atoms with van der Waals surface area (Å²) in [7, 11) is 1.64. The van der Waals surface area contributed by atoms with Crippen LogP contribution in [-0.4, -0.2) is 21.9 Å². The second kappa shape index (κ2) is 7.71. The minimum Gasteiger partial charge on any atom is -0.497 e. The number of methoxy groups -OCH3 is 1. The predicted molar refractivity (Wildman–Crippen MR) is 121 cm³/mol.